The van der Waals surface area contributed by atoms with E-state index in [2.05, 4.69) is 5.10 Å². The monoisotopic (exact) mass is 260 g/mol. The lowest BCUT2D eigenvalue weighted by atomic mass is 10.1. The number of hydrogen-bond donors (Lipinski definition) is 1. The highest BCUT2D eigenvalue weighted by Crippen LogP contribution is 2.34. The van der Waals surface area contributed by atoms with Crippen molar-refractivity contribution >= 4 is 0 Å². The lowest BCUT2D eigenvalue weighted by Crippen LogP contribution is -1.97. The Morgan fingerprint density at radius 1 is 1.21 bits per heavy atom. The predicted molar refractivity (Wildman–Crippen MR) is 70.2 cm³/mol. The first-order valence-electron chi connectivity index (χ1n) is 6.32. The third-order valence-electron chi connectivity index (χ3n) is 3.14. The second-order valence-corrected chi connectivity index (χ2v) is 4.51. The Hall–Kier alpha value is -2.01. The lowest BCUT2D eigenvalue weighted by molar-refractivity contribution is 0.275. The average molecular weight is 260 g/mol. The van der Waals surface area contributed by atoms with Crippen LogP contribution >= 0.6 is 0 Å². The molecule has 0 amide bonds. The number of fused-ring (bicyclic) bond motifs is 1. The second-order valence-electron chi connectivity index (χ2n) is 4.51. The van der Waals surface area contributed by atoms with Gasteiger partial charge in [0.2, 0.25) is 0 Å². The molecular formula is C14H16N2O3. The van der Waals surface area contributed by atoms with Crippen LogP contribution < -0.4 is 9.47 Å². The Morgan fingerprint density at radius 2 is 2.00 bits per heavy atom. The van der Waals surface area contributed by atoms with Crippen molar-refractivity contribution in [2.75, 3.05) is 13.2 Å². The molecule has 1 aliphatic rings. The highest BCUT2D eigenvalue weighted by molar-refractivity contribution is 5.64. The summed E-state index contributed by atoms with van der Waals surface area (Å²) in [4.78, 5) is 0. The predicted octanol–water partition coefficient (Wildman–Crippen LogP) is 1.74. The van der Waals surface area contributed by atoms with Crippen LogP contribution in [0.4, 0.5) is 0 Å². The Kier molecular flexibility index (Phi) is 3.13. The summed E-state index contributed by atoms with van der Waals surface area (Å²) in [6.07, 6.45) is 0.893. The van der Waals surface area contributed by atoms with Gasteiger partial charge in [-0.3, -0.25) is 4.68 Å². The van der Waals surface area contributed by atoms with Gasteiger partial charge in [-0.15, -0.1) is 0 Å². The fourth-order valence-corrected chi connectivity index (χ4v) is 2.20. The zero-order valence-corrected chi connectivity index (χ0v) is 10.8. The number of nitrogens with zero attached hydrogens (tertiary/aromatic N) is 2. The van der Waals surface area contributed by atoms with Gasteiger partial charge in [0.25, 0.3) is 0 Å². The van der Waals surface area contributed by atoms with Crippen LogP contribution in [-0.4, -0.2) is 28.1 Å². The summed E-state index contributed by atoms with van der Waals surface area (Å²) in [6, 6.07) is 7.73. The topological polar surface area (TPSA) is 56.5 Å². The fourth-order valence-electron chi connectivity index (χ4n) is 2.20. The molecule has 19 heavy (non-hydrogen) atoms. The highest BCUT2D eigenvalue weighted by atomic mass is 16.5. The first-order chi connectivity index (χ1) is 9.28. The van der Waals surface area contributed by atoms with E-state index in [0.29, 0.717) is 18.9 Å². The Balaban J connectivity index is 2.01. The molecule has 0 saturated heterocycles. The van der Waals surface area contributed by atoms with Crippen LogP contribution in [0, 0.1) is 0 Å². The van der Waals surface area contributed by atoms with E-state index in [1.54, 1.807) is 4.68 Å². The van der Waals surface area contributed by atoms with Crippen LogP contribution in [0.25, 0.3) is 11.3 Å². The van der Waals surface area contributed by atoms with Crippen molar-refractivity contribution in [3.63, 3.8) is 0 Å². The quantitative estimate of drug-likeness (QED) is 0.893. The Labute approximate surface area is 111 Å². The molecule has 0 spiro atoms. The molecule has 0 unspecified atom stereocenters. The van der Waals surface area contributed by atoms with E-state index in [-0.39, 0.29) is 6.61 Å². The first-order valence-corrected chi connectivity index (χ1v) is 6.32. The molecule has 1 N–H and O–H groups in total. The molecule has 0 saturated carbocycles. The van der Waals surface area contributed by atoms with Crippen LogP contribution in [0.15, 0.2) is 24.3 Å². The maximum Gasteiger partial charge on any atom is 0.161 e. The molecule has 3 rings (SSSR count). The van der Waals surface area contributed by atoms with Gasteiger partial charge in [0.15, 0.2) is 11.5 Å². The van der Waals surface area contributed by atoms with E-state index in [4.69, 9.17) is 14.6 Å². The van der Waals surface area contributed by atoms with Gasteiger partial charge in [-0.05, 0) is 24.3 Å². The molecule has 2 heterocycles. The van der Waals surface area contributed by atoms with Gasteiger partial charge in [0, 0.05) is 19.0 Å². The molecule has 1 aromatic carbocycles. The summed E-state index contributed by atoms with van der Waals surface area (Å²) in [7, 11) is 1.86. The van der Waals surface area contributed by atoms with E-state index < -0.39 is 0 Å². The summed E-state index contributed by atoms with van der Waals surface area (Å²) in [5.41, 5.74) is 2.60. The van der Waals surface area contributed by atoms with E-state index >= 15 is 0 Å². The van der Waals surface area contributed by atoms with Crippen molar-refractivity contribution in [3.05, 3.63) is 30.0 Å². The summed E-state index contributed by atoms with van der Waals surface area (Å²) >= 11 is 0. The number of benzene rings is 1. The summed E-state index contributed by atoms with van der Waals surface area (Å²) in [6.45, 7) is 1.30. The fraction of sp³-hybridized carbons (Fsp3) is 0.357. The van der Waals surface area contributed by atoms with Crippen molar-refractivity contribution in [2.24, 2.45) is 7.05 Å². The Morgan fingerprint density at radius 3 is 2.74 bits per heavy atom. The third kappa shape index (κ3) is 2.29. The molecule has 0 bridgehead atoms. The number of rotatable bonds is 2. The molecule has 0 radical (unpaired) electrons. The SMILES string of the molecule is Cn1nc(CO)cc1-c1ccc2c(c1)OCCCO2. The van der Waals surface area contributed by atoms with Crippen LogP contribution in [0.2, 0.25) is 0 Å². The van der Waals surface area contributed by atoms with Crippen molar-refractivity contribution in [2.45, 2.75) is 13.0 Å². The highest BCUT2D eigenvalue weighted by Gasteiger charge is 2.13. The van der Waals surface area contributed by atoms with Crippen molar-refractivity contribution in [3.8, 4) is 22.8 Å². The number of hydrogen-bond acceptors (Lipinski definition) is 4. The Bertz CT molecular complexity index is 592. The van der Waals surface area contributed by atoms with Crippen molar-refractivity contribution in [1.82, 2.24) is 9.78 Å². The number of ether oxygens (including phenoxy) is 2. The van der Waals surface area contributed by atoms with Gasteiger partial charge in [-0.1, -0.05) is 0 Å². The number of aliphatic hydroxyl groups excluding tert-OH is 1. The number of aliphatic hydroxyl groups is 1. The smallest absolute Gasteiger partial charge is 0.161 e. The minimum atomic E-state index is -0.0572. The van der Waals surface area contributed by atoms with E-state index in [1.807, 2.05) is 31.3 Å². The minimum Gasteiger partial charge on any atom is -0.490 e. The van der Waals surface area contributed by atoms with Gasteiger partial charge in [-0.25, -0.2) is 0 Å². The molecule has 0 aliphatic carbocycles. The summed E-state index contributed by atoms with van der Waals surface area (Å²) in [5, 5.41) is 13.4. The summed E-state index contributed by atoms with van der Waals surface area (Å²) < 4.78 is 13.0. The maximum absolute atomic E-state index is 9.13. The molecule has 0 atom stereocenters. The van der Waals surface area contributed by atoms with E-state index in [1.165, 1.54) is 0 Å². The average Bonchev–Trinajstić information content (AvgIpc) is 2.66. The van der Waals surface area contributed by atoms with Crippen molar-refractivity contribution < 1.29 is 14.6 Å². The van der Waals surface area contributed by atoms with Gasteiger partial charge in [-0.2, -0.15) is 5.10 Å². The molecule has 1 aromatic heterocycles. The largest absolute Gasteiger partial charge is 0.490 e. The first kappa shape index (κ1) is 12.0. The van der Waals surface area contributed by atoms with E-state index in [9.17, 15) is 0 Å². The molecule has 5 heteroatoms. The second kappa shape index (κ2) is 4.93. The van der Waals surface area contributed by atoms with Gasteiger partial charge >= 0.3 is 0 Å². The van der Waals surface area contributed by atoms with Gasteiger partial charge in [0.05, 0.1) is 31.2 Å². The molecule has 2 aromatic rings. The van der Waals surface area contributed by atoms with Gasteiger partial charge < -0.3 is 14.6 Å². The van der Waals surface area contributed by atoms with Gasteiger partial charge in [0.1, 0.15) is 0 Å². The number of aromatic nitrogens is 2. The molecule has 5 nitrogen and oxygen atoms in total. The standard InChI is InChI=1S/C14H16N2O3/c1-16-12(8-11(9-17)15-16)10-3-4-13-14(7-10)19-6-2-5-18-13/h3-4,7-8,17H,2,5-6,9H2,1H3. The third-order valence-corrected chi connectivity index (χ3v) is 3.14. The van der Waals surface area contributed by atoms with Crippen molar-refractivity contribution in [1.29, 1.82) is 0 Å². The lowest BCUT2D eigenvalue weighted by Gasteiger charge is -2.09. The minimum absolute atomic E-state index is 0.0572. The summed E-state index contributed by atoms with van der Waals surface area (Å²) in [5.74, 6) is 1.55. The molecule has 100 valence electrons. The van der Waals surface area contributed by atoms with Crippen LogP contribution in [-0.2, 0) is 13.7 Å². The van der Waals surface area contributed by atoms with Crippen LogP contribution in [0.3, 0.4) is 0 Å². The zero-order chi connectivity index (χ0) is 13.2. The number of aryl methyl sites for hydroxylation is 1. The van der Waals surface area contributed by atoms with Crippen LogP contribution in [0.5, 0.6) is 11.5 Å². The molecule has 0 fully saturated rings. The van der Waals surface area contributed by atoms with Crippen LogP contribution in [0.1, 0.15) is 12.1 Å². The zero-order valence-electron chi connectivity index (χ0n) is 10.8. The normalized spacial score (nSPS) is 14.2. The molecular weight excluding hydrogens is 244 g/mol. The van der Waals surface area contributed by atoms with E-state index in [0.717, 1.165) is 29.2 Å². The maximum atomic E-state index is 9.13. The molecule has 1 aliphatic heterocycles.